The van der Waals surface area contributed by atoms with Crippen molar-refractivity contribution < 1.29 is 4.84 Å². The summed E-state index contributed by atoms with van der Waals surface area (Å²) < 4.78 is 0. The van der Waals surface area contributed by atoms with Crippen LogP contribution in [0, 0.1) is 6.92 Å². The second kappa shape index (κ2) is 3.90. The van der Waals surface area contributed by atoms with Crippen molar-refractivity contribution in [3.63, 3.8) is 0 Å². The van der Waals surface area contributed by atoms with E-state index >= 15 is 0 Å². The molecular formula is C11H17NO. The fourth-order valence-corrected chi connectivity index (χ4v) is 1.36. The van der Waals surface area contributed by atoms with Gasteiger partial charge in [0, 0.05) is 6.42 Å². The molecule has 1 aromatic rings. The first-order chi connectivity index (χ1) is 6.03. The minimum Gasteiger partial charge on any atom is -0.298 e. The zero-order valence-corrected chi connectivity index (χ0v) is 8.50. The molecule has 0 saturated heterocycles. The van der Waals surface area contributed by atoms with Gasteiger partial charge in [-0.3, -0.25) is 4.84 Å². The van der Waals surface area contributed by atoms with Gasteiger partial charge in [0.2, 0.25) is 0 Å². The van der Waals surface area contributed by atoms with Gasteiger partial charge in [0.05, 0.1) is 5.60 Å². The van der Waals surface area contributed by atoms with Crippen molar-refractivity contribution >= 4 is 0 Å². The fourth-order valence-electron chi connectivity index (χ4n) is 1.36. The van der Waals surface area contributed by atoms with E-state index in [9.17, 15) is 0 Å². The molecule has 0 aliphatic rings. The Morgan fingerprint density at radius 3 is 2.62 bits per heavy atom. The molecule has 0 aliphatic carbocycles. The molecule has 0 saturated carbocycles. The average Bonchev–Trinajstić information content (AvgIpc) is 2.03. The third-order valence-corrected chi connectivity index (χ3v) is 2.03. The highest BCUT2D eigenvalue weighted by molar-refractivity contribution is 5.23. The highest BCUT2D eigenvalue weighted by Gasteiger charge is 2.17. The Morgan fingerprint density at radius 2 is 2.08 bits per heavy atom. The van der Waals surface area contributed by atoms with E-state index in [1.54, 1.807) is 0 Å². The van der Waals surface area contributed by atoms with Gasteiger partial charge in [-0.2, -0.15) is 0 Å². The first kappa shape index (κ1) is 10.2. The van der Waals surface area contributed by atoms with Crippen molar-refractivity contribution in [3.05, 3.63) is 35.4 Å². The molecule has 1 aromatic carbocycles. The fraction of sp³-hybridized carbons (Fsp3) is 0.455. The van der Waals surface area contributed by atoms with Crippen LogP contribution in [0.1, 0.15) is 25.0 Å². The van der Waals surface area contributed by atoms with Crippen LogP contribution < -0.4 is 5.90 Å². The largest absolute Gasteiger partial charge is 0.298 e. The Kier molecular flexibility index (Phi) is 3.07. The lowest BCUT2D eigenvalue weighted by atomic mass is 9.97. The van der Waals surface area contributed by atoms with Crippen molar-refractivity contribution in [2.45, 2.75) is 32.8 Å². The molecule has 2 N–H and O–H groups in total. The zero-order chi connectivity index (χ0) is 9.90. The van der Waals surface area contributed by atoms with E-state index in [0.717, 1.165) is 6.42 Å². The summed E-state index contributed by atoms with van der Waals surface area (Å²) in [5, 5.41) is 0. The quantitative estimate of drug-likeness (QED) is 0.722. The number of aryl methyl sites for hydroxylation is 1. The minimum absolute atomic E-state index is 0.284. The molecule has 0 radical (unpaired) electrons. The summed E-state index contributed by atoms with van der Waals surface area (Å²) in [5.74, 6) is 5.19. The van der Waals surface area contributed by atoms with E-state index in [1.165, 1.54) is 11.1 Å². The van der Waals surface area contributed by atoms with Gasteiger partial charge in [-0.25, -0.2) is 5.90 Å². The summed E-state index contributed by atoms with van der Waals surface area (Å²) in [6.45, 7) is 6.05. The lowest BCUT2D eigenvalue weighted by Gasteiger charge is -2.21. The second-order valence-corrected chi connectivity index (χ2v) is 4.04. The number of hydrogen-bond acceptors (Lipinski definition) is 2. The maximum atomic E-state index is 5.19. The summed E-state index contributed by atoms with van der Waals surface area (Å²) in [5.41, 5.74) is 2.24. The SMILES string of the molecule is Cc1cccc(CC(C)(C)ON)c1. The van der Waals surface area contributed by atoms with Crippen molar-refractivity contribution in [3.8, 4) is 0 Å². The molecule has 0 unspecified atom stereocenters. The molecule has 72 valence electrons. The summed E-state index contributed by atoms with van der Waals surface area (Å²) >= 11 is 0. The lowest BCUT2D eigenvalue weighted by molar-refractivity contribution is -0.0187. The van der Waals surface area contributed by atoms with Crippen LogP contribution in [0.3, 0.4) is 0 Å². The molecule has 0 amide bonds. The topological polar surface area (TPSA) is 35.2 Å². The van der Waals surface area contributed by atoms with Crippen LogP contribution in [0.2, 0.25) is 0 Å². The Morgan fingerprint density at radius 1 is 1.38 bits per heavy atom. The predicted molar refractivity (Wildman–Crippen MR) is 54.2 cm³/mol. The standard InChI is InChI=1S/C11H17NO/c1-9-5-4-6-10(7-9)8-11(2,3)13-12/h4-7H,8,12H2,1-3H3. The summed E-state index contributed by atoms with van der Waals surface area (Å²) in [4.78, 5) is 4.88. The predicted octanol–water partition coefficient (Wildman–Crippen LogP) is 2.21. The molecule has 0 fully saturated rings. The smallest absolute Gasteiger partial charge is 0.0878 e. The van der Waals surface area contributed by atoms with E-state index in [1.807, 2.05) is 13.8 Å². The van der Waals surface area contributed by atoms with E-state index < -0.39 is 0 Å². The third-order valence-electron chi connectivity index (χ3n) is 2.03. The maximum Gasteiger partial charge on any atom is 0.0878 e. The number of benzene rings is 1. The molecule has 0 bridgehead atoms. The van der Waals surface area contributed by atoms with Crippen molar-refractivity contribution in [1.29, 1.82) is 0 Å². The van der Waals surface area contributed by atoms with Crippen LogP contribution in [0.15, 0.2) is 24.3 Å². The van der Waals surface area contributed by atoms with Crippen LogP contribution >= 0.6 is 0 Å². The van der Waals surface area contributed by atoms with E-state index in [4.69, 9.17) is 10.7 Å². The molecule has 2 nitrogen and oxygen atoms in total. The summed E-state index contributed by atoms with van der Waals surface area (Å²) in [6.07, 6.45) is 0.838. The molecule has 2 heteroatoms. The zero-order valence-electron chi connectivity index (χ0n) is 8.50. The van der Waals surface area contributed by atoms with Crippen LogP contribution in [-0.2, 0) is 11.3 Å². The Balaban J connectivity index is 2.74. The third kappa shape index (κ3) is 3.17. The molecule has 1 rings (SSSR count). The molecule has 0 aliphatic heterocycles. The number of nitrogens with two attached hydrogens (primary N) is 1. The van der Waals surface area contributed by atoms with Gasteiger partial charge in [0.15, 0.2) is 0 Å². The molecular weight excluding hydrogens is 162 g/mol. The molecule has 0 spiro atoms. The first-order valence-corrected chi connectivity index (χ1v) is 4.47. The van der Waals surface area contributed by atoms with E-state index in [2.05, 4.69) is 31.2 Å². The Bertz CT molecular complexity index is 281. The van der Waals surface area contributed by atoms with Gasteiger partial charge in [-0.1, -0.05) is 29.8 Å². The van der Waals surface area contributed by atoms with Gasteiger partial charge in [0.25, 0.3) is 0 Å². The van der Waals surface area contributed by atoms with Gasteiger partial charge in [-0.05, 0) is 26.3 Å². The van der Waals surface area contributed by atoms with Gasteiger partial charge in [0.1, 0.15) is 0 Å². The van der Waals surface area contributed by atoms with E-state index in [-0.39, 0.29) is 5.60 Å². The Labute approximate surface area is 79.7 Å². The van der Waals surface area contributed by atoms with Gasteiger partial charge >= 0.3 is 0 Å². The van der Waals surface area contributed by atoms with Crippen LogP contribution in [-0.4, -0.2) is 5.60 Å². The van der Waals surface area contributed by atoms with Crippen LogP contribution in [0.5, 0.6) is 0 Å². The molecule has 0 atom stereocenters. The van der Waals surface area contributed by atoms with E-state index in [0.29, 0.717) is 0 Å². The highest BCUT2D eigenvalue weighted by Crippen LogP contribution is 2.15. The second-order valence-electron chi connectivity index (χ2n) is 4.04. The van der Waals surface area contributed by atoms with Gasteiger partial charge in [-0.15, -0.1) is 0 Å². The van der Waals surface area contributed by atoms with Crippen molar-refractivity contribution in [1.82, 2.24) is 0 Å². The molecule has 0 heterocycles. The first-order valence-electron chi connectivity index (χ1n) is 4.47. The molecule has 0 aromatic heterocycles. The summed E-state index contributed by atoms with van der Waals surface area (Å²) in [7, 11) is 0. The highest BCUT2D eigenvalue weighted by atomic mass is 16.6. The Hall–Kier alpha value is -0.860. The monoisotopic (exact) mass is 179 g/mol. The van der Waals surface area contributed by atoms with Gasteiger partial charge < -0.3 is 0 Å². The van der Waals surface area contributed by atoms with Crippen molar-refractivity contribution in [2.75, 3.05) is 0 Å². The van der Waals surface area contributed by atoms with Crippen LogP contribution in [0.25, 0.3) is 0 Å². The lowest BCUT2D eigenvalue weighted by Crippen LogP contribution is -2.30. The average molecular weight is 179 g/mol. The number of rotatable bonds is 3. The summed E-state index contributed by atoms with van der Waals surface area (Å²) in [6, 6.07) is 8.38. The normalized spacial score (nSPS) is 11.7. The maximum absolute atomic E-state index is 5.19. The molecule has 13 heavy (non-hydrogen) atoms. The minimum atomic E-state index is -0.284. The van der Waals surface area contributed by atoms with Crippen molar-refractivity contribution in [2.24, 2.45) is 5.90 Å². The van der Waals surface area contributed by atoms with Crippen LogP contribution in [0.4, 0.5) is 0 Å². The number of hydrogen-bond donors (Lipinski definition) is 1.